The first-order chi connectivity index (χ1) is 10.1. The van der Waals surface area contributed by atoms with E-state index in [0.29, 0.717) is 0 Å². The predicted molar refractivity (Wildman–Crippen MR) is 98.9 cm³/mol. The lowest BCUT2D eigenvalue weighted by Gasteiger charge is -2.26. The average molecular weight is 297 g/mol. The molecule has 0 saturated heterocycles. The molecule has 3 atom stereocenters. The average Bonchev–Trinajstić information content (AvgIpc) is 2.49. The molecule has 0 fully saturated rings. The van der Waals surface area contributed by atoms with Crippen molar-refractivity contribution >= 4 is 0 Å². The van der Waals surface area contributed by atoms with Gasteiger partial charge in [0.05, 0.1) is 0 Å². The molecule has 0 aliphatic carbocycles. The summed E-state index contributed by atoms with van der Waals surface area (Å²) < 4.78 is 0. The number of rotatable bonds is 15. The Labute approximate surface area is 136 Å². The number of hydrogen-bond acceptors (Lipinski definition) is 0. The molecule has 0 saturated carbocycles. The fourth-order valence-corrected chi connectivity index (χ4v) is 3.39. The molecule has 21 heavy (non-hydrogen) atoms. The van der Waals surface area contributed by atoms with Gasteiger partial charge in [-0.2, -0.15) is 0 Å². The molecule has 0 aliphatic heterocycles. The molecule has 0 spiro atoms. The monoisotopic (exact) mass is 296 g/mol. The van der Waals surface area contributed by atoms with E-state index < -0.39 is 0 Å². The summed E-state index contributed by atoms with van der Waals surface area (Å²) in [5.74, 6) is 2.74. The van der Waals surface area contributed by atoms with Crippen molar-refractivity contribution in [1.29, 1.82) is 0 Å². The summed E-state index contributed by atoms with van der Waals surface area (Å²) in [6.45, 7) is 12.0. The molecule has 128 valence electrons. The van der Waals surface area contributed by atoms with Crippen molar-refractivity contribution in [1.82, 2.24) is 0 Å². The van der Waals surface area contributed by atoms with Crippen LogP contribution < -0.4 is 0 Å². The summed E-state index contributed by atoms with van der Waals surface area (Å²) >= 11 is 0. The van der Waals surface area contributed by atoms with Crippen LogP contribution in [0.25, 0.3) is 0 Å². The maximum atomic E-state index is 2.48. The Morgan fingerprint density at radius 1 is 0.476 bits per heavy atom. The lowest BCUT2D eigenvalue weighted by Crippen LogP contribution is -2.16. The van der Waals surface area contributed by atoms with Crippen LogP contribution in [-0.2, 0) is 0 Å². The third-order valence-electron chi connectivity index (χ3n) is 5.57. The van der Waals surface area contributed by atoms with Crippen LogP contribution in [-0.4, -0.2) is 0 Å². The van der Waals surface area contributed by atoms with E-state index in [2.05, 4.69) is 34.6 Å². The summed E-state index contributed by atoms with van der Waals surface area (Å²) in [6.07, 6.45) is 18.7. The van der Waals surface area contributed by atoms with Gasteiger partial charge in [0.25, 0.3) is 0 Å². The molecule has 3 unspecified atom stereocenters. The van der Waals surface area contributed by atoms with Gasteiger partial charge >= 0.3 is 0 Å². The molecular weight excluding hydrogens is 252 g/mol. The van der Waals surface area contributed by atoms with Crippen molar-refractivity contribution in [3.63, 3.8) is 0 Å². The van der Waals surface area contributed by atoms with Crippen LogP contribution in [0.4, 0.5) is 0 Å². The smallest absolute Gasteiger partial charge is 0.0391 e. The molecule has 0 aliphatic rings. The van der Waals surface area contributed by atoms with E-state index in [1.807, 2.05) is 0 Å². The summed E-state index contributed by atoms with van der Waals surface area (Å²) in [6, 6.07) is 0. The zero-order valence-corrected chi connectivity index (χ0v) is 15.9. The van der Waals surface area contributed by atoms with Crippen LogP contribution in [0.5, 0.6) is 0 Å². The summed E-state index contributed by atoms with van der Waals surface area (Å²) in [5.41, 5.74) is 0. The third kappa shape index (κ3) is 12.2. The molecule has 0 radical (unpaired) electrons. The fraction of sp³-hybridized carbons (Fsp3) is 1.00. The SMILES string of the molecule is CCCCCCCCCCCC(C)C(C)C(C)CCCC. The van der Waals surface area contributed by atoms with E-state index in [1.165, 1.54) is 83.5 Å². The van der Waals surface area contributed by atoms with Crippen molar-refractivity contribution in [3.05, 3.63) is 0 Å². The molecule has 0 amide bonds. The van der Waals surface area contributed by atoms with E-state index in [-0.39, 0.29) is 0 Å². The minimum absolute atomic E-state index is 0.908. The predicted octanol–water partition coefficient (Wildman–Crippen LogP) is 8.01. The quantitative estimate of drug-likeness (QED) is 0.268. The van der Waals surface area contributed by atoms with E-state index in [0.717, 1.165) is 17.8 Å². The molecule has 0 N–H and O–H groups in total. The third-order valence-corrected chi connectivity index (χ3v) is 5.57. The second-order valence-electron chi connectivity index (χ2n) is 7.57. The zero-order valence-electron chi connectivity index (χ0n) is 15.9. The molecule has 0 heteroatoms. The van der Waals surface area contributed by atoms with Crippen molar-refractivity contribution in [3.8, 4) is 0 Å². The van der Waals surface area contributed by atoms with Crippen LogP contribution in [0, 0.1) is 17.8 Å². The molecule has 0 aromatic heterocycles. The molecule has 0 rings (SSSR count). The van der Waals surface area contributed by atoms with Crippen LogP contribution in [0.3, 0.4) is 0 Å². The van der Waals surface area contributed by atoms with E-state index in [9.17, 15) is 0 Å². The van der Waals surface area contributed by atoms with Gasteiger partial charge in [-0.05, 0) is 17.8 Å². The van der Waals surface area contributed by atoms with Crippen molar-refractivity contribution in [2.45, 2.75) is 118 Å². The van der Waals surface area contributed by atoms with Crippen LogP contribution in [0.15, 0.2) is 0 Å². The summed E-state index contributed by atoms with van der Waals surface area (Å²) in [5, 5.41) is 0. The zero-order chi connectivity index (χ0) is 15.9. The van der Waals surface area contributed by atoms with E-state index in [4.69, 9.17) is 0 Å². The maximum Gasteiger partial charge on any atom is -0.0391 e. The highest BCUT2D eigenvalue weighted by molar-refractivity contribution is 4.68. The van der Waals surface area contributed by atoms with Gasteiger partial charge < -0.3 is 0 Å². The molecule has 0 nitrogen and oxygen atoms in total. The minimum Gasteiger partial charge on any atom is -0.0654 e. The molecule has 0 bridgehead atoms. The van der Waals surface area contributed by atoms with E-state index >= 15 is 0 Å². The van der Waals surface area contributed by atoms with Gasteiger partial charge in [-0.1, -0.05) is 118 Å². The number of unbranched alkanes of at least 4 members (excludes halogenated alkanes) is 9. The van der Waals surface area contributed by atoms with Crippen LogP contribution in [0.1, 0.15) is 118 Å². The standard InChI is InChI=1S/C21H44/c1-6-8-10-11-12-13-14-15-16-18-20(4)21(5)19(3)17-9-7-2/h19-21H,6-18H2,1-5H3. The Kier molecular flexibility index (Phi) is 14.9. The summed E-state index contributed by atoms with van der Waals surface area (Å²) in [7, 11) is 0. The second kappa shape index (κ2) is 14.9. The Morgan fingerprint density at radius 2 is 0.857 bits per heavy atom. The van der Waals surface area contributed by atoms with Crippen LogP contribution in [0.2, 0.25) is 0 Å². The summed E-state index contributed by atoms with van der Waals surface area (Å²) in [4.78, 5) is 0. The number of hydrogen-bond donors (Lipinski definition) is 0. The van der Waals surface area contributed by atoms with E-state index in [1.54, 1.807) is 0 Å². The fourth-order valence-electron chi connectivity index (χ4n) is 3.39. The van der Waals surface area contributed by atoms with Gasteiger partial charge in [-0.15, -0.1) is 0 Å². The molecule has 0 aromatic carbocycles. The van der Waals surface area contributed by atoms with Gasteiger partial charge in [0, 0.05) is 0 Å². The topological polar surface area (TPSA) is 0 Å². The highest BCUT2D eigenvalue weighted by atomic mass is 14.2. The van der Waals surface area contributed by atoms with Crippen molar-refractivity contribution in [2.24, 2.45) is 17.8 Å². The Hall–Kier alpha value is 0. The first kappa shape index (κ1) is 21.0. The van der Waals surface area contributed by atoms with Crippen molar-refractivity contribution < 1.29 is 0 Å². The van der Waals surface area contributed by atoms with Gasteiger partial charge in [-0.25, -0.2) is 0 Å². The first-order valence-corrected chi connectivity index (χ1v) is 10.1. The van der Waals surface area contributed by atoms with Gasteiger partial charge in [-0.3, -0.25) is 0 Å². The maximum absolute atomic E-state index is 2.48. The second-order valence-corrected chi connectivity index (χ2v) is 7.57. The molecular formula is C21H44. The Balaban J connectivity index is 3.45. The first-order valence-electron chi connectivity index (χ1n) is 10.1. The minimum atomic E-state index is 0.908. The Bertz CT molecular complexity index is 196. The highest BCUT2D eigenvalue weighted by Crippen LogP contribution is 2.28. The normalized spacial score (nSPS) is 15.9. The van der Waals surface area contributed by atoms with Gasteiger partial charge in [0.15, 0.2) is 0 Å². The molecule has 0 heterocycles. The van der Waals surface area contributed by atoms with Gasteiger partial charge in [0.2, 0.25) is 0 Å². The molecule has 0 aromatic rings. The lowest BCUT2D eigenvalue weighted by molar-refractivity contribution is 0.245. The van der Waals surface area contributed by atoms with Crippen LogP contribution >= 0.6 is 0 Å². The largest absolute Gasteiger partial charge is 0.0654 e. The highest BCUT2D eigenvalue weighted by Gasteiger charge is 2.18. The van der Waals surface area contributed by atoms with Gasteiger partial charge in [0.1, 0.15) is 0 Å². The lowest BCUT2D eigenvalue weighted by atomic mass is 9.80. The Morgan fingerprint density at radius 3 is 1.33 bits per heavy atom. The van der Waals surface area contributed by atoms with Crippen molar-refractivity contribution in [2.75, 3.05) is 0 Å².